The van der Waals surface area contributed by atoms with E-state index in [-0.39, 0.29) is 69.2 Å². The van der Waals surface area contributed by atoms with Crippen LogP contribution < -0.4 is 31.9 Å². The molecule has 0 aliphatic carbocycles. The molecule has 10 N–H and O–H groups in total. The standard InChI is InChI=1S/C51H77N11O11/c1-29(2)18-35(42(63)24-43(64)56-36(19-30(3)4)44(65)60-40(49(70)71)20-31(5)6)57-46(67)38(22-33-25-52-27-54-33)58-45(66)37(21-32-14-11-10-12-15-32)59-47(68)41-16-13-17-62(41)48(69)39(23-34-26-53-28-55-34)61-50(72)73-51(7,8)9/h10-12,14-15,25-31,35-42,63H,13,16-24H2,1-9H3,(H,52,54)(H,53,55)(H,56,64)(H,57,67)(H,58,66)(H,59,68)(H,60,65)(H,61,72)(H,70,71)/t35-,36-,37-,38-,39-,40-,41-,42-/m0/s1. The van der Waals surface area contributed by atoms with Gasteiger partial charge in [0.1, 0.15) is 41.9 Å². The van der Waals surface area contributed by atoms with E-state index in [9.17, 15) is 48.6 Å². The molecule has 1 aliphatic rings. The van der Waals surface area contributed by atoms with Crippen LogP contribution >= 0.6 is 0 Å². The van der Waals surface area contributed by atoms with E-state index >= 15 is 0 Å². The van der Waals surface area contributed by atoms with Crippen LogP contribution in [0.5, 0.6) is 0 Å². The molecule has 22 heteroatoms. The number of nitrogens with one attached hydrogen (secondary N) is 8. The van der Waals surface area contributed by atoms with Crippen molar-refractivity contribution in [1.29, 1.82) is 0 Å². The number of H-pyrrole nitrogens is 2. The monoisotopic (exact) mass is 1020 g/mol. The Morgan fingerprint density at radius 2 is 1.22 bits per heavy atom. The minimum absolute atomic E-state index is 0.000148. The Morgan fingerprint density at radius 1 is 0.685 bits per heavy atom. The van der Waals surface area contributed by atoms with Crippen LogP contribution in [-0.4, -0.2) is 143 Å². The second kappa shape index (κ2) is 27.8. The van der Waals surface area contributed by atoms with Crippen LogP contribution in [0.2, 0.25) is 0 Å². The van der Waals surface area contributed by atoms with E-state index in [1.54, 1.807) is 63.5 Å². The zero-order chi connectivity index (χ0) is 54.0. The summed E-state index contributed by atoms with van der Waals surface area (Å²) in [6.45, 7) is 16.3. The number of ether oxygens (including phenoxy) is 1. The molecule has 0 spiro atoms. The summed E-state index contributed by atoms with van der Waals surface area (Å²) in [5.41, 5.74) is 0.716. The first-order valence-electron chi connectivity index (χ1n) is 25.1. The third kappa shape index (κ3) is 19.9. The Bertz CT molecular complexity index is 2270. The van der Waals surface area contributed by atoms with Crippen molar-refractivity contribution in [3.63, 3.8) is 0 Å². The molecule has 0 unspecified atom stereocenters. The van der Waals surface area contributed by atoms with Crippen molar-refractivity contribution in [1.82, 2.24) is 56.7 Å². The molecule has 22 nitrogen and oxygen atoms in total. The molecule has 3 aromatic rings. The lowest BCUT2D eigenvalue weighted by molar-refractivity contribution is -0.142. The number of carboxylic acids is 1. The number of hydrogen-bond acceptors (Lipinski definition) is 12. The number of aliphatic hydroxyl groups excluding tert-OH is 1. The Morgan fingerprint density at radius 3 is 1.77 bits per heavy atom. The molecule has 402 valence electrons. The van der Waals surface area contributed by atoms with Gasteiger partial charge in [-0.3, -0.25) is 28.8 Å². The lowest BCUT2D eigenvalue weighted by atomic mass is 9.95. The number of carboxylic acid groups (broad SMARTS) is 1. The number of amides is 7. The fraction of sp³-hybridized carbons (Fsp3) is 0.608. The molecule has 2 aromatic heterocycles. The van der Waals surface area contributed by atoms with Gasteiger partial charge in [0, 0.05) is 38.2 Å². The summed E-state index contributed by atoms with van der Waals surface area (Å²) in [6.07, 6.45) is 4.32. The first-order chi connectivity index (χ1) is 34.4. The van der Waals surface area contributed by atoms with E-state index in [1.807, 2.05) is 41.5 Å². The van der Waals surface area contributed by atoms with Crippen molar-refractivity contribution in [3.8, 4) is 0 Å². The van der Waals surface area contributed by atoms with Crippen LogP contribution in [0, 0.1) is 17.8 Å². The molecule has 7 amide bonds. The average Bonchev–Trinajstić information content (AvgIpc) is 4.11. The third-order valence-electron chi connectivity index (χ3n) is 11.9. The third-order valence-corrected chi connectivity index (χ3v) is 11.9. The van der Waals surface area contributed by atoms with Crippen molar-refractivity contribution in [2.75, 3.05) is 6.54 Å². The van der Waals surface area contributed by atoms with E-state index in [0.29, 0.717) is 23.4 Å². The molecule has 4 rings (SSSR count). The van der Waals surface area contributed by atoms with Crippen LogP contribution in [0.1, 0.15) is 118 Å². The predicted molar refractivity (Wildman–Crippen MR) is 269 cm³/mol. The van der Waals surface area contributed by atoms with Gasteiger partial charge in [-0.05, 0) is 76.2 Å². The van der Waals surface area contributed by atoms with E-state index in [0.717, 1.165) is 0 Å². The van der Waals surface area contributed by atoms with Crippen LogP contribution in [-0.2, 0) is 57.6 Å². The van der Waals surface area contributed by atoms with Gasteiger partial charge in [0.25, 0.3) is 0 Å². The number of likely N-dealkylation sites (tertiary alicyclic amines) is 1. The van der Waals surface area contributed by atoms with Gasteiger partial charge >= 0.3 is 12.1 Å². The number of benzene rings is 1. The maximum Gasteiger partial charge on any atom is 0.408 e. The summed E-state index contributed by atoms with van der Waals surface area (Å²) in [7, 11) is 0. The van der Waals surface area contributed by atoms with Gasteiger partial charge in [-0.15, -0.1) is 0 Å². The lowest BCUT2D eigenvalue weighted by Crippen LogP contribution is -2.60. The highest BCUT2D eigenvalue weighted by molar-refractivity contribution is 5.96. The summed E-state index contributed by atoms with van der Waals surface area (Å²) >= 11 is 0. The minimum Gasteiger partial charge on any atom is -0.480 e. The smallest absolute Gasteiger partial charge is 0.408 e. The number of aromatic nitrogens is 4. The van der Waals surface area contributed by atoms with Crippen LogP contribution in [0.15, 0.2) is 55.4 Å². The largest absolute Gasteiger partial charge is 0.480 e. The maximum atomic E-state index is 14.6. The van der Waals surface area contributed by atoms with E-state index < -0.39 is 108 Å². The Kier molecular flexibility index (Phi) is 22.4. The summed E-state index contributed by atoms with van der Waals surface area (Å²) < 4.78 is 5.45. The van der Waals surface area contributed by atoms with Crippen molar-refractivity contribution >= 4 is 47.5 Å². The number of nitrogens with zero attached hydrogens (tertiary/aromatic N) is 3. The number of aliphatic carboxylic acids is 1. The van der Waals surface area contributed by atoms with Crippen molar-refractivity contribution < 1.29 is 53.3 Å². The molecular weight excluding hydrogens is 943 g/mol. The summed E-state index contributed by atoms with van der Waals surface area (Å²) in [5.74, 6) is -5.42. The zero-order valence-corrected chi connectivity index (χ0v) is 43.5. The second-order valence-corrected chi connectivity index (χ2v) is 21.0. The van der Waals surface area contributed by atoms with Crippen LogP contribution in [0.4, 0.5) is 4.79 Å². The zero-order valence-electron chi connectivity index (χ0n) is 43.5. The van der Waals surface area contributed by atoms with Gasteiger partial charge in [0.15, 0.2) is 0 Å². The van der Waals surface area contributed by atoms with E-state index in [2.05, 4.69) is 51.8 Å². The molecule has 1 fully saturated rings. The fourth-order valence-corrected chi connectivity index (χ4v) is 8.54. The molecule has 1 saturated heterocycles. The number of imidazole rings is 2. The van der Waals surface area contributed by atoms with Gasteiger partial charge in [0.2, 0.25) is 35.4 Å². The van der Waals surface area contributed by atoms with Gasteiger partial charge < -0.3 is 61.7 Å². The molecule has 3 heterocycles. The van der Waals surface area contributed by atoms with Gasteiger partial charge in [-0.1, -0.05) is 71.9 Å². The number of hydrogen-bond donors (Lipinski definition) is 10. The highest BCUT2D eigenvalue weighted by atomic mass is 16.6. The normalized spacial score (nSPS) is 16.6. The first kappa shape index (κ1) is 58.7. The number of aliphatic hydroxyl groups is 1. The maximum absolute atomic E-state index is 14.6. The molecule has 1 aromatic carbocycles. The Hall–Kier alpha value is -6.84. The number of rotatable bonds is 27. The Labute approximate surface area is 427 Å². The average molecular weight is 1020 g/mol. The molecule has 0 radical (unpaired) electrons. The lowest BCUT2D eigenvalue weighted by Gasteiger charge is -2.31. The SMILES string of the molecule is CC(C)C[C@H](NC(=O)[C@H](CC(C)C)NC(=O)C[C@H](O)[C@H](CC(C)C)NC(=O)[C@H](Cc1c[nH]cn1)NC(=O)[C@H](Cc1ccccc1)NC(=O)[C@@H]1CCCN1C(=O)[C@H](Cc1c[nH]cn1)NC(=O)OC(C)(C)C)C(=O)O. The van der Waals surface area contributed by atoms with Gasteiger partial charge in [-0.25, -0.2) is 19.6 Å². The highest BCUT2D eigenvalue weighted by Gasteiger charge is 2.40. The molecule has 0 saturated carbocycles. The van der Waals surface area contributed by atoms with Crippen molar-refractivity contribution in [3.05, 3.63) is 72.3 Å². The quantitative estimate of drug-likeness (QED) is 0.0526. The van der Waals surface area contributed by atoms with E-state index in [1.165, 1.54) is 17.6 Å². The first-order valence-corrected chi connectivity index (χ1v) is 25.1. The Balaban J connectivity index is 1.55. The van der Waals surface area contributed by atoms with E-state index in [4.69, 9.17) is 4.74 Å². The minimum atomic E-state index is -1.47. The predicted octanol–water partition coefficient (Wildman–Crippen LogP) is 2.44. The number of carbonyl (C=O) groups excluding carboxylic acids is 7. The number of aromatic amines is 2. The van der Waals surface area contributed by atoms with Gasteiger partial charge in [-0.2, -0.15) is 0 Å². The molecule has 1 aliphatic heterocycles. The number of carbonyl (C=O) groups is 8. The molecule has 73 heavy (non-hydrogen) atoms. The van der Waals surface area contributed by atoms with Crippen LogP contribution in [0.25, 0.3) is 0 Å². The second-order valence-electron chi connectivity index (χ2n) is 21.0. The molecule has 8 atom stereocenters. The van der Waals surface area contributed by atoms with Crippen molar-refractivity contribution in [2.45, 2.75) is 174 Å². The van der Waals surface area contributed by atoms with Crippen LogP contribution in [0.3, 0.4) is 0 Å². The highest BCUT2D eigenvalue weighted by Crippen LogP contribution is 2.21. The molecule has 0 bridgehead atoms. The summed E-state index contributed by atoms with van der Waals surface area (Å²) in [4.78, 5) is 125. The molecular formula is C51H77N11O11. The summed E-state index contributed by atoms with van der Waals surface area (Å²) in [6, 6.07) is 0.839. The van der Waals surface area contributed by atoms with Crippen molar-refractivity contribution in [2.24, 2.45) is 17.8 Å². The van der Waals surface area contributed by atoms with Gasteiger partial charge in [0.05, 0.1) is 42.6 Å². The fourth-order valence-electron chi connectivity index (χ4n) is 8.54. The topological polar surface area (TPSA) is 319 Å². The summed E-state index contributed by atoms with van der Waals surface area (Å²) in [5, 5.41) is 37.6. The number of alkyl carbamates (subject to hydrolysis) is 1.